The number of nitrogens with zero attached hydrogens (tertiary/aromatic N) is 2. The van der Waals surface area contributed by atoms with E-state index in [4.69, 9.17) is 23.2 Å². The molecular weight excluding hydrogens is 301 g/mol. The predicted octanol–water partition coefficient (Wildman–Crippen LogP) is 4.57. The molecule has 0 aliphatic rings. The van der Waals surface area contributed by atoms with Crippen molar-refractivity contribution in [3.05, 3.63) is 33.3 Å². The third-order valence-electron chi connectivity index (χ3n) is 2.62. The van der Waals surface area contributed by atoms with Gasteiger partial charge in [-0.3, -0.25) is 0 Å². The number of hydrogen-bond acceptors (Lipinski definition) is 4. The van der Waals surface area contributed by atoms with Gasteiger partial charge in [0.1, 0.15) is 10.0 Å². The zero-order valence-electron chi connectivity index (χ0n) is 10.8. The molecule has 0 aliphatic heterocycles. The number of rotatable bonds is 5. The van der Waals surface area contributed by atoms with E-state index in [2.05, 4.69) is 29.4 Å². The van der Waals surface area contributed by atoms with E-state index in [1.54, 1.807) is 17.4 Å². The van der Waals surface area contributed by atoms with Gasteiger partial charge in [0.2, 0.25) is 0 Å². The van der Waals surface area contributed by atoms with Crippen LogP contribution in [0, 0.1) is 0 Å². The van der Waals surface area contributed by atoms with Gasteiger partial charge in [-0.25, -0.2) is 0 Å². The maximum absolute atomic E-state index is 6.00. The van der Waals surface area contributed by atoms with Gasteiger partial charge in [0, 0.05) is 15.6 Å². The third kappa shape index (κ3) is 3.89. The van der Waals surface area contributed by atoms with Crippen LogP contribution < -0.4 is 5.32 Å². The summed E-state index contributed by atoms with van der Waals surface area (Å²) in [5.74, 6) is 0. The van der Waals surface area contributed by atoms with Gasteiger partial charge in [-0.05, 0) is 38.1 Å². The lowest BCUT2D eigenvalue weighted by Gasteiger charge is -2.08. The Morgan fingerprint density at radius 1 is 1.21 bits per heavy atom. The molecule has 3 nitrogen and oxygen atoms in total. The van der Waals surface area contributed by atoms with Gasteiger partial charge in [0.15, 0.2) is 0 Å². The van der Waals surface area contributed by atoms with Crippen LogP contribution in [0.5, 0.6) is 0 Å². The highest BCUT2D eigenvalue weighted by Gasteiger charge is 2.13. The molecule has 1 unspecified atom stereocenters. The lowest BCUT2D eigenvalue weighted by atomic mass is 10.2. The molecule has 0 saturated heterocycles. The Morgan fingerprint density at radius 3 is 2.53 bits per heavy atom. The molecule has 19 heavy (non-hydrogen) atoms. The monoisotopic (exact) mass is 315 g/mol. The highest BCUT2D eigenvalue weighted by atomic mass is 35.5. The number of halogens is 2. The highest BCUT2D eigenvalue weighted by Crippen LogP contribution is 2.30. The van der Waals surface area contributed by atoms with Gasteiger partial charge < -0.3 is 5.32 Å². The fraction of sp³-hybridized carbons (Fsp3) is 0.385. The second-order valence-corrected chi connectivity index (χ2v) is 6.16. The van der Waals surface area contributed by atoms with Crippen molar-refractivity contribution in [2.75, 3.05) is 6.54 Å². The first kappa shape index (κ1) is 14.7. The van der Waals surface area contributed by atoms with E-state index in [0.717, 1.165) is 28.5 Å². The molecule has 0 amide bonds. The molecule has 1 aromatic heterocycles. The van der Waals surface area contributed by atoms with Crippen molar-refractivity contribution >= 4 is 34.5 Å². The van der Waals surface area contributed by atoms with Crippen molar-refractivity contribution < 1.29 is 0 Å². The van der Waals surface area contributed by atoms with Crippen molar-refractivity contribution in [2.45, 2.75) is 26.3 Å². The summed E-state index contributed by atoms with van der Waals surface area (Å²) >= 11 is 13.6. The van der Waals surface area contributed by atoms with Crippen molar-refractivity contribution in [3.8, 4) is 10.6 Å². The second kappa shape index (κ2) is 6.66. The summed E-state index contributed by atoms with van der Waals surface area (Å²) < 4.78 is 0. The Balaban J connectivity index is 2.20. The minimum absolute atomic E-state index is 0.209. The van der Waals surface area contributed by atoms with Crippen molar-refractivity contribution in [1.82, 2.24) is 15.5 Å². The van der Waals surface area contributed by atoms with Crippen LogP contribution in [0.3, 0.4) is 0 Å². The summed E-state index contributed by atoms with van der Waals surface area (Å²) in [6.07, 6.45) is 1.10. The van der Waals surface area contributed by atoms with Crippen LogP contribution in [0.15, 0.2) is 18.2 Å². The Kier molecular flexibility index (Phi) is 5.16. The standard InChI is InChI=1S/C13H15Cl2N3S/c1-3-4-16-8(2)12-17-18-13(19-12)9-5-10(14)7-11(15)6-9/h5-8,16H,3-4H2,1-2H3. The smallest absolute Gasteiger partial charge is 0.147 e. The number of nitrogens with one attached hydrogen (secondary N) is 1. The van der Waals surface area contributed by atoms with Gasteiger partial charge >= 0.3 is 0 Å². The van der Waals surface area contributed by atoms with Gasteiger partial charge in [-0.2, -0.15) is 0 Å². The first-order chi connectivity index (χ1) is 9.10. The number of benzene rings is 1. The average Bonchev–Trinajstić information content (AvgIpc) is 2.84. The average molecular weight is 316 g/mol. The van der Waals surface area contributed by atoms with Crippen LogP contribution in [0.1, 0.15) is 31.3 Å². The molecule has 0 spiro atoms. The molecule has 0 aliphatic carbocycles. The minimum Gasteiger partial charge on any atom is -0.308 e. The zero-order valence-corrected chi connectivity index (χ0v) is 13.1. The van der Waals surface area contributed by atoms with E-state index in [1.165, 1.54) is 0 Å². The SMILES string of the molecule is CCCNC(C)c1nnc(-c2cc(Cl)cc(Cl)c2)s1. The van der Waals surface area contributed by atoms with E-state index in [1.807, 2.05) is 12.1 Å². The van der Waals surface area contributed by atoms with Crippen LogP contribution in [-0.4, -0.2) is 16.7 Å². The Morgan fingerprint density at radius 2 is 1.89 bits per heavy atom. The number of hydrogen-bond donors (Lipinski definition) is 1. The van der Waals surface area contributed by atoms with E-state index in [0.29, 0.717) is 10.0 Å². The molecule has 1 N–H and O–H groups in total. The quantitative estimate of drug-likeness (QED) is 0.878. The molecule has 0 bridgehead atoms. The fourth-order valence-electron chi connectivity index (χ4n) is 1.65. The summed E-state index contributed by atoms with van der Waals surface area (Å²) in [5.41, 5.74) is 0.906. The molecular formula is C13H15Cl2N3S. The van der Waals surface area contributed by atoms with Crippen LogP contribution in [0.2, 0.25) is 10.0 Å². The lowest BCUT2D eigenvalue weighted by Crippen LogP contribution is -2.18. The van der Waals surface area contributed by atoms with Gasteiger partial charge in [0.25, 0.3) is 0 Å². The molecule has 0 fully saturated rings. The van der Waals surface area contributed by atoms with Crippen molar-refractivity contribution in [1.29, 1.82) is 0 Å². The molecule has 1 aromatic carbocycles. The molecule has 1 heterocycles. The maximum atomic E-state index is 6.00. The van der Waals surface area contributed by atoms with Gasteiger partial charge in [0.05, 0.1) is 6.04 Å². The summed E-state index contributed by atoms with van der Waals surface area (Å²) in [6, 6.07) is 5.62. The molecule has 0 radical (unpaired) electrons. The van der Waals surface area contributed by atoms with Crippen LogP contribution in [0.4, 0.5) is 0 Å². The van der Waals surface area contributed by atoms with Crippen LogP contribution in [-0.2, 0) is 0 Å². The van der Waals surface area contributed by atoms with Gasteiger partial charge in [-0.1, -0.05) is 41.5 Å². The fourth-order valence-corrected chi connectivity index (χ4v) is 3.03. The second-order valence-electron chi connectivity index (χ2n) is 4.28. The van der Waals surface area contributed by atoms with Crippen molar-refractivity contribution in [2.24, 2.45) is 0 Å². The van der Waals surface area contributed by atoms with Crippen LogP contribution in [0.25, 0.3) is 10.6 Å². The largest absolute Gasteiger partial charge is 0.308 e. The molecule has 2 rings (SSSR count). The topological polar surface area (TPSA) is 37.8 Å². The van der Waals surface area contributed by atoms with E-state index in [9.17, 15) is 0 Å². The Hall–Kier alpha value is -0.680. The summed E-state index contributed by atoms with van der Waals surface area (Å²) in [5, 5.41) is 14.9. The summed E-state index contributed by atoms with van der Waals surface area (Å²) in [7, 11) is 0. The summed E-state index contributed by atoms with van der Waals surface area (Å²) in [4.78, 5) is 0. The van der Waals surface area contributed by atoms with E-state index < -0.39 is 0 Å². The normalized spacial score (nSPS) is 12.6. The van der Waals surface area contributed by atoms with Crippen LogP contribution >= 0.6 is 34.5 Å². The molecule has 6 heteroatoms. The van der Waals surface area contributed by atoms with E-state index in [-0.39, 0.29) is 6.04 Å². The zero-order chi connectivity index (χ0) is 13.8. The maximum Gasteiger partial charge on any atom is 0.147 e. The molecule has 1 atom stereocenters. The van der Waals surface area contributed by atoms with Crippen molar-refractivity contribution in [3.63, 3.8) is 0 Å². The minimum atomic E-state index is 0.209. The molecule has 0 saturated carbocycles. The summed E-state index contributed by atoms with van der Waals surface area (Å²) in [6.45, 7) is 5.20. The number of aromatic nitrogens is 2. The predicted molar refractivity (Wildman–Crippen MR) is 82.1 cm³/mol. The first-order valence-electron chi connectivity index (χ1n) is 6.13. The molecule has 102 valence electrons. The third-order valence-corrected chi connectivity index (χ3v) is 4.21. The van der Waals surface area contributed by atoms with E-state index >= 15 is 0 Å². The lowest BCUT2D eigenvalue weighted by molar-refractivity contribution is 0.564. The first-order valence-corrected chi connectivity index (χ1v) is 7.70. The Labute approximate surface area is 127 Å². The highest BCUT2D eigenvalue weighted by molar-refractivity contribution is 7.14. The Bertz CT molecular complexity index is 536. The molecule has 2 aromatic rings. The van der Waals surface area contributed by atoms with Gasteiger partial charge in [-0.15, -0.1) is 10.2 Å².